The molecule has 1 aliphatic carbocycles. The third-order valence-electron chi connectivity index (χ3n) is 7.02. The molecule has 0 spiro atoms. The van der Waals surface area contributed by atoms with Crippen molar-refractivity contribution in [2.45, 2.75) is 31.8 Å². The molecule has 35 heavy (non-hydrogen) atoms. The average molecular weight is 462 g/mol. The van der Waals surface area contributed by atoms with Crippen molar-refractivity contribution in [3.63, 3.8) is 0 Å². The van der Waals surface area contributed by atoms with E-state index in [0.717, 1.165) is 46.6 Å². The number of amides is 1. The van der Waals surface area contributed by atoms with Crippen molar-refractivity contribution < 1.29 is 14.3 Å². The number of carbonyl (C=O) groups is 1. The number of nitrogens with zero attached hydrogens (tertiary/aromatic N) is 1. The molecule has 174 valence electrons. The Hall–Kier alpha value is -4.05. The lowest BCUT2D eigenvalue weighted by Gasteiger charge is -2.30. The Labute approximate surface area is 205 Å². The molecule has 4 nitrogen and oxygen atoms in total. The molecule has 0 atom stereocenters. The summed E-state index contributed by atoms with van der Waals surface area (Å²) in [4.78, 5) is 16.0. The largest absolute Gasteiger partial charge is 0.454 e. The van der Waals surface area contributed by atoms with E-state index in [2.05, 4.69) is 53.4 Å². The molecule has 1 amide bonds. The summed E-state index contributed by atoms with van der Waals surface area (Å²) in [7, 11) is 0. The normalized spacial score (nSPS) is 14.1. The van der Waals surface area contributed by atoms with Gasteiger partial charge in [0.2, 0.25) is 12.7 Å². The maximum Gasteiger partial charge on any atom is 0.231 e. The topological polar surface area (TPSA) is 38.8 Å². The van der Waals surface area contributed by atoms with Crippen LogP contribution in [0.1, 0.15) is 22.3 Å². The van der Waals surface area contributed by atoms with E-state index in [9.17, 15) is 4.79 Å². The van der Waals surface area contributed by atoms with Gasteiger partial charge < -0.3 is 14.4 Å². The quantitative estimate of drug-likeness (QED) is 0.363. The van der Waals surface area contributed by atoms with Gasteiger partial charge in [-0.25, -0.2) is 0 Å². The molecule has 6 rings (SSSR count). The fraction of sp³-hybridized carbons (Fsp3) is 0.194. The molecule has 0 N–H and O–H groups in total. The molecular weight excluding hydrogens is 434 g/mol. The van der Waals surface area contributed by atoms with Gasteiger partial charge in [0.1, 0.15) is 0 Å². The highest BCUT2D eigenvalue weighted by atomic mass is 16.7. The summed E-state index contributed by atoms with van der Waals surface area (Å²) < 4.78 is 11.1. The van der Waals surface area contributed by atoms with Crippen LogP contribution in [-0.4, -0.2) is 23.6 Å². The van der Waals surface area contributed by atoms with Gasteiger partial charge in [0.15, 0.2) is 11.5 Å². The van der Waals surface area contributed by atoms with Gasteiger partial charge >= 0.3 is 0 Å². The second-order valence-corrected chi connectivity index (χ2v) is 9.24. The highest BCUT2D eigenvalue weighted by molar-refractivity contribution is 5.82. The fourth-order valence-corrected chi connectivity index (χ4v) is 5.25. The highest BCUT2D eigenvalue weighted by Gasteiger charge is 2.30. The minimum atomic E-state index is 0.134. The molecule has 4 aromatic rings. The van der Waals surface area contributed by atoms with Crippen molar-refractivity contribution >= 4 is 5.91 Å². The first-order valence-electron chi connectivity index (χ1n) is 12.1. The predicted octanol–water partition coefficient (Wildman–Crippen LogP) is 5.82. The molecular formula is C31H27NO3. The zero-order chi connectivity index (χ0) is 23.6. The molecule has 0 radical (unpaired) electrons. The molecule has 0 fully saturated rings. The molecule has 1 heterocycles. The number of hydrogen-bond acceptors (Lipinski definition) is 3. The number of ether oxygens (including phenoxy) is 2. The summed E-state index contributed by atoms with van der Waals surface area (Å²) in [5.41, 5.74) is 7.02. The molecule has 0 bridgehead atoms. The predicted molar refractivity (Wildman–Crippen MR) is 136 cm³/mol. The van der Waals surface area contributed by atoms with E-state index in [1.54, 1.807) is 0 Å². The van der Waals surface area contributed by atoms with E-state index in [4.69, 9.17) is 9.47 Å². The zero-order valence-corrected chi connectivity index (χ0v) is 19.5. The Morgan fingerprint density at radius 1 is 0.771 bits per heavy atom. The Bertz CT molecular complexity index is 1340. The lowest BCUT2D eigenvalue weighted by molar-refractivity contribution is -0.133. The van der Waals surface area contributed by atoms with E-state index < -0.39 is 0 Å². The molecule has 0 saturated carbocycles. The van der Waals surface area contributed by atoms with Crippen LogP contribution in [0.2, 0.25) is 0 Å². The number of hydrogen-bond donors (Lipinski definition) is 0. The van der Waals surface area contributed by atoms with Gasteiger partial charge in [-0.1, -0.05) is 84.9 Å². The van der Waals surface area contributed by atoms with Crippen LogP contribution in [0.15, 0.2) is 97.1 Å². The Morgan fingerprint density at radius 2 is 1.46 bits per heavy atom. The summed E-state index contributed by atoms with van der Waals surface area (Å²) in [5, 5.41) is 0. The molecule has 2 aliphatic rings. The van der Waals surface area contributed by atoms with Crippen molar-refractivity contribution in [1.82, 2.24) is 4.90 Å². The number of rotatable bonds is 6. The van der Waals surface area contributed by atoms with E-state index in [0.29, 0.717) is 13.0 Å². The fourth-order valence-electron chi connectivity index (χ4n) is 5.25. The summed E-state index contributed by atoms with van der Waals surface area (Å²) in [6, 6.07) is 33.2. The lowest BCUT2D eigenvalue weighted by Crippen LogP contribution is -2.41. The molecule has 0 saturated heterocycles. The minimum absolute atomic E-state index is 0.134. The smallest absolute Gasteiger partial charge is 0.231 e. The van der Waals surface area contributed by atoms with Gasteiger partial charge in [-0.2, -0.15) is 0 Å². The van der Waals surface area contributed by atoms with Crippen molar-refractivity contribution in [2.24, 2.45) is 0 Å². The van der Waals surface area contributed by atoms with Gasteiger partial charge in [0, 0.05) is 12.6 Å². The molecule has 1 aliphatic heterocycles. The Balaban J connectivity index is 1.30. The highest BCUT2D eigenvalue weighted by Crippen LogP contribution is 2.34. The van der Waals surface area contributed by atoms with Crippen LogP contribution in [0.5, 0.6) is 11.5 Å². The Kier molecular flexibility index (Phi) is 5.71. The Morgan fingerprint density at radius 3 is 2.26 bits per heavy atom. The molecule has 0 aromatic heterocycles. The SMILES string of the molecule is O=C(Cc1ccccc1-c1ccccc1)N(Cc1ccc2c(c1)OCO2)C1Cc2ccccc2C1. The first-order chi connectivity index (χ1) is 17.2. The molecule has 4 heteroatoms. The van der Waals surface area contributed by atoms with E-state index in [-0.39, 0.29) is 18.7 Å². The van der Waals surface area contributed by atoms with E-state index in [1.165, 1.54) is 11.1 Å². The maximum atomic E-state index is 13.9. The standard InChI is InChI=1S/C31H27NO3/c33-31(19-26-12-6-7-13-28(26)23-8-2-1-3-9-23)32(27-17-24-10-4-5-11-25(24)18-27)20-22-14-15-29-30(16-22)35-21-34-29/h1-16,27H,17-21H2. The van der Waals surface area contributed by atoms with Crippen molar-refractivity contribution in [3.8, 4) is 22.6 Å². The summed E-state index contributed by atoms with van der Waals surface area (Å²) >= 11 is 0. The van der Waals surface area contributed by atoms with Gasteiger partial charge in [0.25, 0.3) is 0 Å². The monoisotopic (exact) mass is 461 g/mol. The number of benzene rings is 4. The summed E-state index contributed by atoms with van der Waals surface area (Å²) in [5.74, 6) is 1.65. The molecule has 4 aromatic carbocycles. The van der Waals surface area contributed by atoms with Crippen LogP contribution in [0.4, 0.5) is 0 Å². The summed E-state index contributed by atoms with van der Waals surface area (Å²) in [6.07, 6.45) is 2.13. The third-order valence-corrected chi connectivity index (χ3v) is 7.02. The second kappa shape index (κ2) is 9.30. The first kappa shape index (κ1) is 21.5. The maximum absolute atomic E-state index is 13.9. The van der Waals surface area contributed by atoms with Gasteiger partial charge in [-0.3, -0.25) is 4.79 Å². The van der Waals surface area contributed by atoms with Crippen molar-refractivity contribution in [1.29, 1.82) is 0 Å². The van der Waals surface area contributed by atoms with Crippen LogP contribution in [-0.2, 0) is 30.6 Å². The van der Waals surface area contributed by atoms with Gasteiger partial charge in [0.05, 0.1) is 6.42 Å². The van der Waals surface area contributed by atoms with Gasteiger partial charge in [-0.15, -0.1) is 0 Å². The van der Waals surface area contributed by atoms with Gasteiger partial charge in [-0.05, 0) is 58.4 Å². The van der Waals surface area contributed by atoms with E-state index >= 15 is 0 Å². The summed E-state index contributed by atoms with van der Waals surface area (Å²) in [6.45, 7) is 0.789. The van der Waals surface area contributed by atoms with Crippen molar-refractivity contribution in [2.75, 3.05) is 6.79 Å². The average Bonchev–Trinajstić information content (AvgIpc) is 3.54. The van der Waals surface area contributed by atoms with Crippen molar-refractivity contribution in [3.05, 3.63) is 119 Å². The van der Waals surface area contributed by atoms with E-state index in [1.807, 2.05) is 48.5 Å². The van der Waals surface area contributed by atoms with Crippen LogP contribution < -0.4 is 9.47 Å². The number of fused-ring (bicyclic) bond motifs is 2. The van der Waals surface area contributed by atoms with Crippen LogP contribution in [0.25, 0.3) is 11.1 Å². The van der Waals surface area contributed by atoms with Crippen LogP contribution in [0.3, 0.4) is 0 Å². The molecule has 0 unspecified atom stereocenters. The first-order valence-corrected chi connectivity index (χ1v) is 12.1. The lowest BCUT2D eigenvalue weighted by atomic mass is 9.97. The van der Waals surface area contributed by atoms with Crippen LogP contribution >= 0.6 is 0 Å². The zero-order valence-electron chi connectivity index (χ0n) is 19.5. The minimum Gasteiger partial charge on any atom is -0.454 e. The third kappa shape index (κ3) is 4.40. The second-order valence-electron chi connectivity index (χ2n) is 9.24. The number of carbonyl (C=O) groups excluding carboxylic acids is 1. The van der Waals surface area contributed by atoms with Crippen LogP contribution in [0, 0.1) is 0 Å².